The molecule has 0 saturated heterocycles. The third-order valence-corrected chi connectivity index (χ3v) is 7.59. The summed E-state index contributed by atoms with van der Waals surface area (Å²) in [7, 11) is -7.91. The first kappa shape index (κ1) is 24.8. The predicted molar refractivity (Wildman–Crippen MR) is 97.3 cm³/mol. The average Bonchev–Trinajstić information content (AvgIpc) is 2.67. The zero-order valence-corrected chi connectivity index (χ0v) is 17.8. The highest BCUT2D eigenvalue weighted by Crippen LogP contribution is 2.28. The molecular weight excluding hydrogens is 416 g/mol. The summed E-state index contributed by atoms with van der Waals surface area (Å²) >= 11 is 0. The summed E-state index contributed by atoms with van der Waals surface area (Å²) in [6, 6.07) is 0. The van der Waals surface area contributed by atoms with E-state index in [0.29, 0.717) is 25.7 Å². The van der Waals surface area contributed by atoms with Gasteiger partial charge in [0.1, 0.15) is 0 Å². The fourth-order valence-electron chi connectivity index (χ4n) is 3.01. The van der Waals surface area contributed by atoms with Gasteiger partial charge in [0.2, 0.25) is 0 Å². The Morgan fingerprint density at radius 1 is 0.607 bits per heavy atom. The third-order valence-electron chi connectivity index (χ3n) is 4.41. The van der Waals surface area contributed by atoms with Crippen molar-refractivity contribution >= 4 is 32.2 Å². The minimum Gasteiger partial charge on any atom is -0.248 e. The standard InChI is InChI=1S/C12H22O6S2.C4H6O4/c13-19(14,11-7-3-1-4-8-11)17-18-20(15,16)12-9-5-2-6-10-12;1-3(5)7-8-4(2)6/h11-12H,1-10H2;1-2H3. The number of rotatable bonds is 5. The Morgan fingerprint density at radius 2 is 0.893 bits per heavy atom. The Kier molecular flexibility index (Phi) is 10.4. The van der Waals surface area contributed by atoms with Crippen molar-refractivity contribution in [3.63, 3.8) is 0 Å². The number of carbonyl (C=O) groups is 2. The second kappa shape index (κ2) is 11.7. The number of carbonyl (C=O) groups excluding carboxylic acids is 2. The summed E-state index contributed by atoms with van der Waals surface area (Å²) in [5.41, 5.74) is 0. The van der Waals surface area contributed by atoms with Crippen LogP contribution in [0, 0.1) is 0 Å². The Labute approximate surface area is 166 Å². The first-order valence-corrected chi connectivity index (χ1v) is 12.2. The van der Waals surface area contributed by atoms with Gasteiger partial charge in [-0.25, -0.2) is 19.4 Å². The second-order valence-electron chi connectivity index (χ2n) is 6.79. The van der Waals surface area contributed by atoms with E-state index >= 15 is 0 Å². The fourth-order valence-corrected chi connectivity index (χ4v) is 5.68. The fraction of sp³-hybridized carbons (Fsp3) is 0.875. The van der Waals surface area contributed by atoms with Crippen molar-refractivity contribution in [2.75, 3.05) is 0 Å². The summed E-state index contributed by atoms with van der Waals surface area (Å²) < 4.78 is 56.4. The Hall–Kier alpha value is -1.24. The van der Waals surface area contributed by atoms with E-state index in [1.807, 2.05) is 0 Å². The van der Waals surface area contributed by atoms with Gasteiger partial charge in [0.05, 0.1) is 10.5 Å². The Morgan fingerprint density at radius 3 is 1.14 bits per heavy atom. The lowest BCUT2D eigenvalue weighted by molar-refractivity contribution is -0.255. The topological polar surface area (TPSA) is 139 Å². The molecule has 0 atom stereocenters. The molecule has 0 aromatic heterocycles. The van der Waals surface area contributed by atoms with Gasteiger partial charge in [0.15, 0.2) is 0 Å². The third kappa shape index (κ3) is 9.30. The van der Waals surface area contributed by atoms with Gasteiger partial charge in [-0.1, -0.05) is 47.2 Å². The van der Waals surface area contributed by atoms with Crippen LogP contribution in [-0.2, 0) is 48.3 Å². The lowest BCUT2D eigenvalue weighted by Crippen LogP contribution is -2.30. The minimum absolute atomic E-state index is 0.509. The maximum atomic E-state index is 11.9. The molecule has 0 N–H and O–H groups in total. The van der Waals surface area contributed by atoms with Crippen LogP contribution in [0.5, 0.6) is 0 Å². The first-order valence-electron chi connectivity index (χ1n) is 9.25. The van der Waals surface area contributed by atoms with E-state index in [0.717, 1.165) is 52.4 Å². The largest absolute Gasteiger partial charge is 0.352 e. The molecule has 10 nitrogen and oxygen atoms in total. The highest BCUT2D eigenvalue weighted by molar-refractivity contribution is 7.89. The molecule has 0 bridgehead atoms. The van der Waals surface area contributed by atoms with Crippen LogP contribution < -0.4 is 0 Å². The molecule has 0 aromatic rings. The molecule has 12 heteroatoms. The zero-order valence-electron chi connectivity index (χ0n) is 16.1. The van der Waals surface area contributed by atoms with E-state index in [1.165, 1.54) is 0 Å². The van der Waals surface area contributed by atoms with Crippen LogP contribution in [-0.4, -0.2) is 39.3 Å². The zero-order chi connectivity index (χ0) is 21.2. The molecule has 0 spiro atoms. The van der Waals surface area contributed by atoms with Crippen LogP contribution in [0.15, 0.2) is 0 Å². The molecular formula is C16H28O10S2. The maximum absolute atomic E-state index is 11.9. The molecule has 2 rings (SSSR count). The molecule has 2 aliphatic rings. The lowest BCUT2D eigenvalue weighted by Gasteiger charge is -2.22. The summed E-state index contributed by atoms with van der Waals surface area (Å²) in [6.07, 6.45) is 7.34. The van der Waals surface area contributed by atoms with E-state index in [9.17, 15) is 26.4 Å². The molecule has 28 heavy (non-hydrogen) atoms. The molecule has 2 aliphatic carbocycles. The van der Waals surface area contributed by atoms with E-state index < -0.39 is 42.7 Å². The molecule has 2 fully saturated rings. The number of hydrogen-bond acceptors (Lipinski definition) is 10. The predicted octanol–water partition coefficient (Wildman–Crippen LogP) is 2.29. The molecule has 0 amide bonds. The van der Waals surface area contributed by atoms with Crippen LogP contribution in [0.25, 0.3) is 0 Å². The summed E-state index contributed by atoms with van der Waals surface area (Å²) in [5.74, 6) is -1.28. The summed E-state index contributed by atoms with van der Waals surface area (Å²) in [5, 5.41) is -1.28. The van der Waals surface area contributed by atoms with E-state index in [4.69, 9.17) is 0 Å². The van der Waals surface area contributed by atoms with Crippen LogP contribution in [0.1, 0.15) is 78.1 Å². The summed E-state index contributed by atoms with van der Waals surface area (Å²) in [6.45, 7) is 2.28. The summed E-state index contributed by atoms with van der Waals surface area (Å²) in [4.78, 5) is 27.3. The molecule has 0 radical (unpaired) electrons. The highest BCUT2D eigenvalue weighted by Gasteiger charge is 2.34. The van der Waals surface area contributed by atoms with E-state index in [-0.39, 0.29) is 0 Å². The van der Waals surface area contributed by atoms with E-state index in [2.05, 4.69) is 18.4 Å². The van der Waals surface area contributed by atoms with Gasteiger partial charge in [-0.2, -0.15) is 16.8 Å². The normalized spacial score (nSPS) is 19.2. The van der Waals surface area contributed by atoms with Gasteiger partial charge < -0.3 is 0 Å². The molecule has 0 unspecified atom stereocenters. The Balaban J connectivity index is 0.000000416. The van der Waals surface area contributed by atoms with Gasteiger partial charge >= 0.3 is 11.9 Å². The molecule has 0 heterocycles. The lowest BCUT2D eigenvalue weighted by atomic mass is 10.0. The average molecular weight is 445 g/mol. The van der Waals surface area contributed by atoms with Gasteiger partial charge in [0, 0.05) is 13.8 Å². The van der Waals surface area contributed by atoms with Crippen molar-refractivity contribution in [2.45, 2.75) is 88.6 Å². The monoisotopic (exact) mass is 444 g/mol. The van der Waals surface area contributed by atoms with Crippen LogP contribution in [0.3, 0.4) is 0 Å². The van der Waals surface area contributed by atoms with Gasteiger partial charge in [-0.3, -0.25) is 0 Å². The smallest absolute Gasteiger partial charge is 0.248 e. The quantitative estimate of drug-likeness (QED) is 0.458. The highest BCUT2D eigenvalue weighted by atomic mass is 32.2. The van der Waals surface area contributed by atoms with Crippen molar-refractivity contribution < 1.29 is 44.9 Å². The van der Waals surface area contributed by atoms with Crippen molar-refractivity contribution in [1.82, 2.24) is 0 Å². The first-order chi connectivity index (χ1) is 13.0. The molecule has 2 saturated carbocycles. The van der Waals surface area contributed by atoms with Gasteiger partial charge in [0.25, 0.3) is 20.2 Å². The van der Waals surface area contributed by atoms with Crippen molar-refractivity contribution in [3.8, 4) is 0 Å². The molecule has 0 aliphatic heterocycles. The molecule has 0 aromatic carbocycles. The van der Waals surface area contributed by atoms with Crippen LogP contribution in [0.4, 0.5) is 0 Å². The minimum atomic E-state index is -3.96. The number of hydrogen-bond donors (Lipinski definition) is 0. The van der Waals surface area contributed by atoms with Crippen molar-refractivity contribution in [1.29, 1.82) is 0 Å². The van der Waals surface area contributed by atoms with Crippen molar-refractivity contribution in [2.24, 2.45) is 0 Å². The van der Waals surface area contributed by atoms with E-state index in [1.54, 1.807) is 0 Å². The van der Waals surface area contributed by atoms with Crippen LogP contribution >= 0.6 is 0 Å². The SMILES string of the molecule is CC(=O)OOC(C)=O.O=S(=O)(OOS(=O)(=O)C1CCCCC1)C1CCCCC1. The van der Waals surface area contributed by atoms with Gasteiger partial charge in [-0.05, 0) is 25.7 Å². The Bertz CT molecular complexity index is 640. The van der Waals surface area contributed by atoms with Gasteiger partial charge in [-0.15, -0.1) is 0 Å². The maximum Gasteiger partial charge on any atom is 0.352 e. The van der Waals surface area contributed by atoms with Crippen LogP contribution in [0.2, 0.25) is 0 Å². The van der Waals surface area contributed by atoms with Crippen molar-refractivity contribution in [3.05, 3.63) is 0 Å². The molecule has 164 valence electrons. The second-order valence-corrected chi connectivity index (χ2v) is 10.4.